The number of hydrogen-bond donors (Lipinski definition) is 0. The van der Waals surface area contributed by atoms with Crippen LogP contribution in [0.2, 0.25) is 0 Å². The van der Waals surface area contributed by atoms with Gasteiger partial charge in [0, 0.05) is 36.1 Å². The number of ether oxygens (including phenoxy) is 1. The first-order chi connectivity index (χ1) is 17.9. The van der Waals surface area contributed by atoms with Crippen molar-refractivity contribution in [1.29, 1.82) is 0 Å². The van der Waals surface area contributed by atoms with Gasteiger partial charge in [-0.3, -0.25) is 4.79 Å². The summed E-state index contributed by atoms with van der Waals surface area (Å²) in [5.74, 6) is -1.67. The second-order valence-electron chi connectivity index (χ2n) is 9.24. The normalized spacial score (nSPS) is 17.8. The molecule has 1 aliphatic heterocycles. The number of aromatic nitrogens is 2. The van der Waals surface area contributed by atoms with E-state index in [0.29, 0.717) is 37.4 Å². The monoisotopic (exact) mass is 532 g/mol. The average molecular weight is 533 g/mol. The standard InChI is InChI=1S/C26H27F3N4O3S/c27-19-5-3-4-18(12-19)17-37(35)32-10-8-31(9-11-32)24-16-30-33(22-14-20(28)13-21(29)15-22)26(34)25(24)36-23-6-1-2-7-23/h3-5,12-16,23H,1-2,6-11,17H2. The lowest BCUT2D eigenvalue weighted by Crippen LogP contribution is -2.49. The van der Waals surface area contributed by atoms with Crippen molar-refractivity contribution in [2.24, 2.45) is 0 Å². The zero-order valence-corrected chi connectivity index (χ0v) is 20.9. The highest BCUT2D eigenvalue weighted by Crippen LogP contribution is 2.30. The van der Waals surface area contributed by atoms with Crippen LogP contribution in [0.15, 0.2) is 53.5 Å². The summed E-state index contributed by atoms with van der Waals surface area (Å²) >= 11 is -1.33. The Balaban J connectivity index is 1.36. The van der Waals surface area contributed by atoms with Crippen molar-refractivity contribution in [3.05, 3.63) is 82.0 Å². The van der Waals surface area contributed by atoms with Crippen molar-refractivity contribution in [2.75, 3.05) is 31.1 Å². The highest BCUT2D eigenvalue weighted by molar-refractivity contribution is 7.88. The molecule has 2 heterocycles. The molecule has 2 aromatic carbocycles. The molecule has 0 bridgehead atoms. The lowest BCUT2D eigenvalue weighted by atomic mass is 10.2. The molecule has 0 radical (unpaired) electrons. The number of hydrogen-bond acceptors (Lipinski definition) is 6. The van der Waals surface area contributed by atoms with Gasteiger partial charge in [0.05, 0.1) is 31.1 Å². The molecule has 5 rings (SSSR count). The topological polar surface area (TPSA) is 73.7 Å². The van der Waals surface area contributed by atoms with Crippen LogP contribution in [0, 0.1) is 17.5 Å². The third kappa shape index (κ3) is 5.94. The Morgan fingerprint density at radius 2 is 1.68 bits per heavy atom. The van der Waals surface area contributed by atoms with E-state index in [2.05, 4.69) is 5.10 Å². The van der Waals surface area contributed by atoms with Gasteiger partial charge in [-0.15, -0.1) is 4.31 Å². The molecule has 0 spiro atoms. The molecule has 37 heavy (non-hydrogen) atoms. The van der Waals surface area contributed by atoms with E-state index in [4.69, 9.17) is 4.74 Å². The predicted molar refractivity (Wildman–Crippen MR) is 135 cm³/mol. The van der Waals surface area contributed by atoms with Crippen LogP contribution in [-0.2, 0) is 17.1 Å². The Hall–Kier alpha value is -3.02. The smallest absolute Gasteiger partial charge is 0.316 e. The van der Waals surface area contributed by atoms with Gasteiger partial charge in [-0.2, -0.15) is 9.78 Å². The fourth-order valence-corrected chi connectivity index (χ4v) is 5.99. The van der Waals surface area contributed by atoms with E-state index in [1.165, 1.54) is 18.3 Å². The first kappa shape index (κ1) is 25.6. The van der Waals surface area contributed by atoms with Gasteiger partial charge in [-0.05, 0) is 49.9 Å². The Morgan fingerprint density at radius 1 is 0.973 bits per heavy atom. The number of benzene rings is 2. The largest absolute Gasteiger partial charge is 0.598 e. The minimum Gasteiger partial charge on any atom is -0.598 e. The summed E-state index contributed by atoms with van der Waals surface area (Å²) in [4.78, 5) is 15.4. The molecule has 0 N–H and O–H groups in total. The average Bonchev–Trinajstić information content (AvgIpc) is 3.38. The van der Waals surface area contributed by atoms with Crippen molar-refractivity contribution in [3.8, 4) is 11.4 Å². The second kappa shape index (κ2) is 11.2. The quantitative estimate of drug-likeness (QED) is 0.429. The van der Waals surface area contributed by atoms with Crippen LogP contribution < -0.4 is 15.2 Å². The van der Waals surface area contributed by atoms with Crippen molar-refractivity contribution < 1.29 is 22.5 Å². The molecule has 1 unspecified atom stereocenters. The number of rotatable bonds is 7. The number of piperazine rings is 1. The zero-order valence-electron chi connectivity index (χ0n) is 20.1. The van der Waals surface area contributed by atoms with E-state index in [0.717, 1.165) is 48.6 Å². The van der Waals surface area contributed by atoms with Crippen LogP contribution in [0.4, 0.5) is 18.9 Å². The maximum Gasteiger partial charge on any atom is 0.316 e. The van der Waals surface area contributed by atoms with Crippen LogP contribution >= 0.6 is 0 Å². The summed E-state index contributed by atoms with van der Waals surface area (Å²) < 4.78 is 63.0. The Kier molecular flexibility index (Phi) is 7.73. The summed E-state index contributed by atoms with van der Waals surface area (Å²) in [5, 5.41) is 4.20. The first-order valence-electron chi connectivity index (χ1n) is 12.3. The van der Waals surface area contributed by atoms with Crippen LogP contribution in [0.25, 0.3) is 5.69 Å². The van der Waals surface area contributed by atoms with Gasteiger partial charge >= 0.3 is 5.56 Å². The molecule has 1 saturated carbocycles. The minimum absolute atomic E-state index is 0.0251. The molecule has 2 aliphatic rings. The summed E-state index contributed by atoms with van der Waals surface area (Å²) in [6.45, 7) is 1.86. The van der Waals surface area contributed by atoms with Crippen molar-refractivity contribution in [3.63, 3.8) is 0 Å². The second-order valence-corrected chi connectivity index (χ2v) is 10.7. The summed E-state index contributed by atoms with van der Waals surface area (Å²) in [6.07, 6.45) is 5.01. The summed E-state index contributed by atoms with van der Waals surface area (Å²) in [5.41, 5.74) is 0.546. The van der Waals surface area contributed by atoms with Crippen LogP contribution in [0.1, 0.15) is 31.2 Å². The van der Waals surface area contributed by atoms with E-state index in [1.54, 1.807) is 12.1 Å². The summed E-state index contributed by atoms with van der Waals surface area (Å²) in [6, 6.07) is 8.89. The van der Waals surface area contributed by atoms with E-state index >= 15 is 0 Å². The van der Waals surface area contributed by atoms with E-state index in [1.807, 2.05) is 9.21 Å². The van der Waals surface area contributed by atoms with Gasteiger partial charge in [-0.25, -0.2) is 13.2 Å². The molecule has 1 saturated heterocycles. The van der Waals surface area contributed by atoms with Crippen LogP contribution in [0.5, 0.6) is 5.75 Å². The highest BCUT2D eigenvalue weighted by Gasteiger charge is 2.30. The molecule has 1 aliphatic carbocycles. The predicted octanol–water partition coefficient (Wildman–Crippen LogP) is 3.96. The van der Waals surface area contributed by atoms with E-state index in [9.17, 15) is 22.5 Å². The lowest BCUT2D eigenvalue weighted by Gasteiger charge is -2.36. The van der Waals surface area contributed by atoms with Gasteiger partial charge in [0.1, 0.15) is 23.1 Å². The van der Waals surface area contributed by atoms with Crippen molar-refractivity contribution in [1.82, 2.24) is 14.1 Å². The molecule has 1 atom stereocenters. The van der Waals surface area contributed by atoms with Gasteiger partial charge < -0.3 is 14.2 Å². The van der Waals surface area contributed by atoms with Gasteiger partial charge in [-0.1, -0.05) is 12.1 Å². The number of halogens is 3. The Morgan fingerprint density at radius 3 is 2.35 bits per heavy atom. The van der Waals surface area contributed by atoms with Crippen molar-refractivity contribution >= 4 is 17.0 Å². The first-order valence-corrected chi connectivity index (χ1v) is 13.5. The molecule has 0 amide bonds. The molecule has 7 nitrogen and oxygen atoms in total. The minimum atomic E-state index is -1.33. The highest BCUT2D eigenvalue weighted by atomic mass is 32.2. The van der Waals surface area contributed by atoms with E-state index in [-0.39, 0.29) is 29.1 Å². The maximum atomic E-state index is 13.8. The number of anilines is 1. The van der Waals surface area contributed by atoms with Crippen LogP contribution in [-0.4, -0.2) is 50.9 Å². The SMILES string of the molecule is O=c1c(OC2CCCC2)c(N2CCN([S+]([O-])Cc3cccc(F)c3)CC2)cnn1-c1cc(F)cc(F)c1. The zero-order chi connectivity index (χ0) is 25.9. The van der Waals surface area contributed by atoms with Crippen LogP contribution in [0.3, 0.4) is 0 Å². The molecule has 196 valence electrons. The lowest BCUT2D eigenvalue weighted by molar-refractivity contribution is 0.205. The Bertz CT molecular complexity index is 1290. The molecule has 1 aromatic heterocycles. The van der Waals surface area contributed by atoms with Gasteiger partial charge in [0.25, 0.3) is 0 Å². The molecule has 2 fully saturated rings. The third-order valence-corrected chi connectivity index (χ3v) is 8.16. The van der Waals surface area contributed by atoms with Gasteiger partial charge in [0.15, 0.2) is 5.75 Å². The molecule has 11 heteroatoms. The third-order valence-electron chi connectivity index (χ3n) is 6.64. The Labute approximate surface area is 215 Å². The van der Waals surface area contributed by atoms with Gasteiger partial charge in [0.2, 0.25) is 5.75 Å². The maximum absolute atomic E-state index is 13.8. The molecule has 3 aromatic rings. The summed E-state index contributed by atoms with van der Waals surface area (Å²) in [7, 11) is 0. The fourth-order valence-electron chi connectivity index (χ4n) is 4.78. The molecular formula is C26H27F3N4O3S. The van der Waals surface area contributed by atoms with Crippen molar-refractivity contribution in [2.45, 2.75) is 37.5 Å². The van der Waals surface area contributed by atoms with E-state index < -0.39 is 28.6 Å². The fraction of sp³-hybridized carbons (Fsp3) is 0.385. The number of nitrogens with zero attached hydrogens (tertiary/aromatic N) is 4. The molecular weight excluding hydrogens is 505 g/mol.